The molecule has 0 saturated heterocycles. The zero-order valence-electron chi connectivity index (χ0n) is 13.2. The van der Waals surface area contributed by atoms with Crippen LogP contribution in [0.25, 0.3) is 11.3 Å². The molecule has 2 N–H and O–H groups in total. The minimum absolute atomic E-state index is 0. The van der Waals surface area contributed by atoms with Gasteiger partial charge in [0, 0.05) is 0 Å². The molecular weight excluding hydrogens is 281 g/mol. The zero-order chi connectivity index (χ0) is 14.9. The fraction of sp³-hybridized carbons (Fsp3) is 0.312. The van der Waals surface area contributed by atoms with Crippen molar-refractivity contribution in [3.05, 3.63) is 42.1 Å². The largest absolute Gasteiger partial charge is 0.870 e. The number of benzene rings is 1. The first-order valence-electron chi connectivity index (χ1n) is 6.55. The Hall–Kier alpha value is -2.05. The standard InChI is InChI=1S/C16H18BNO2.2H2O/c1-11-9-10-18(15(19)20-16(2,3)4)14(11)12-5-7-13(17)8-6-12;;/h5-10H,1-4H3;2*1H2/q+2;;/p-2. The average molecular weight is 301 g/mol. The Morgan fingerprint density at radius 1 is 1.09 bits per heavy atom. The molecule has 1 heterocycles. The molecule has 5 nitrogen and oxygen atoms in total. The molecule has 0 atom stereocenters. The van der Waals surface area contributed by atoms with Gasteiger partial charge in [-0.25, -0.2) is 0 Å². The molecule has 2 rings (SSSR count). The molecule has 116 valence electrons. The Labute approximate surface area is 131 Å². The summed E-state index contributed by atoms with van der Waals surface area (Å²) in [6.07, 6.45) is 1.35. The van der Waals surface area contributed by atoms with Crippen LogP contribution < -0.4 is 5.46 Å². The van der Waals surface area contributed by atoms with Crippen molar-refractivity contribution in [2.75, 3.05) is 0 Å². The SMILES string of the molecule is [B+2]c1ccc(-c2c(C)ccn2C(=O)OC(C)(C)C)cc1.[OH-].[OH-]. The molecule has 0 spiro atoms. The molecule has 22 heavy (non-hydrogen) atoms. The van der Waals surface area contributed by atoms with Crippen LogP contribution in [0, 0.1) is 6.92 Å². The van der Waals surface area contributed by atoms with Crippen LogP contribution >= 0.6 is 0 Å². The van der Waals surface area contributed by atoms with E-state index in [0.29, 0.717) is 5.46 Å². The van der Waals surface area contributed by atoms with Crippen LogP contribution in [0.3, 0.4) is 0 Å². The molecule has 0 saturated carbocycles. The van der Waals surface area contributed by atoms with Crippen LogP contribution in [0.2, 0.25) is 0 Å². The fourth-order valence-corrected chi connectivity index (χ4v) is 2.00. The van der Waals surface area contributed by atoms with Gasteiger partial charge in [-0.05, 0) is 0 Å². The number of nitrogens with zero attached hydrogens (tertiary/aromatic N) is 1. The van der Waals surface area contributed by atoms with Crippen molar-refractivity contribution in [2.24, 2.45) is 0 Å². The summed E-state index contributed by atoms with van der Waals surface area (Å²) >= 11 is 0. The monoisotopic (exact) mass is 301 g/mol. The van der Waals surface area contributed by atoms with Crippen molar-refractivity contribution in [1.82, 2.24) is 4.57 Å². The van der Waals surface area contributed by atoms with Gasteiger partial charge in [0.05, 0.1) is 0 Å². The average Bonchev–Trinajstić information content (AvgIpc) is 2.70. The summed E-state index contributed by atoms with van der Waals surface area (Å²) in [6, 6.07) is 9.34. The van der Waals surface area contributed by atoms with Gasteiger partial charge in [0.15, 0.2) is 0 Å². The quantitative estimate of drug-likeness (QED) is 0.757. The van der Waals surface area contributed by atoms with Crippen LogP contribution in [0.15, 0.2) is 36.5 Å². The predicted molar refractivity (Wildman–Crippen MR) is 85.5 cm³/mol. The second-order valence-corrected chi connectivity index (χ2v) is 5.82. The number of rotatable bonds is 1. The van der Waals surface area contributed by atoms with Gasteiger partial charge >= 0.3 is 120 Å². The zero-order valence-corrected chi connectivity index (χ0v) is 13.2. The number of hydrogen-bond acceptors (Lipinski definition) is 4. The fourth-order valence-electron chi connectivity index (χ4n) is 2.00. The topological polar surface area (TPSA) is 91.2 Å². The van der Waals surface area contributed by atoms with Crippen molar-refractivity contribution >= 4 is 19.4 Å². The van der Waals surface area contributed by atoms with E-state index in [-0.39, 0.29) is 17.0 Å². The van der Waals surface area contributed by atoms with Crippen molar-refractivity contribution in [3.63, 3.8) is 0 Å². The van der Waals surface area contributed by atoms with Gasteiger partial charge in [-0.1, -0.05) is 0 Å². The van der Waals surface area contributed by atoms with Gasteiger partial charge in [-0.2, -0.15) is 0 Å². The van der Waals surface area contributed by atoms with E-state index in [9.17, 15) is 4.79 Å². The molecule has 0 aliphatic rings. The third kappa shape index (κ3) is 4.48. The van der Waals surface area contributed by atoms with Gasteiger partial charge in [-0.15, -0.1) is 0 Å². The number of aromatic nitrogens is 1. The smallest absolute Gasteiger partial charge is 0.870 e. The van der Waals surface area contributed by atoms with Gasteiger partial charge in [0.2, 0.25) is 0 Å². The van der Waals surface area contributed by atoms with E-state index in [1.54, 1.807) is 6.20 Å². The minimum Gasteiger partial charge on any atom is -0.870 e. The molecule has 6 heteroatoms. The van der Waals surface area contributed by atoms with E-state index in [0.717, 1.165) is 16.8 Å². The number of carbonyl (C=O) groups excluding carboxylic acids is 1. The van der Waals surface area contributed by atoms with Gasteiger partial charge in [0.1, 0.15) is 0 Å². The van der Waals surface area contributed by atoms with Crippen molar-refractivity contribution < 1.29 is 20.5 Å². The van der Waals surface area contributed by atoms with Crippen LogP contribution in [0.5, 0.6) is 0 Å². The van der Waals surface area contributed by atoms with Crippen molar-refractivity contribution in [3.8, 4) is 11.3 Å². The Bertz CT molecular complexity index is 627. The molecule has 0 radical (unpaired) electrons. The summed E-state index contributed by atoms with van der Waals surface area (Å²) in [7, 11) is 5.70. The van der Waals surface area contributed by atoms with E-state index in [1.807, 2.05) is 58.0 Å². The van der Waals surface area contributed by atoms with Gasteiger partial charge in [0.25, 0.3) is 0 Å². The molecule has 0 fully saturated rings. The molecule has 0 aliphatic heterocycles. The summed E-state index contributed by atoms with van der Waals surface area (Å²) < 4.78 is 6.96. The molecule has 1 aromatic carbocycles. The summed E-state index contributed by atoms with van der Waals surface area (Å²) in [4.78, 5) is 12.3. The van der Waals surface area contributed by atoms with E-state index >= 15 is 0 Å². The third-order valence-corrected chi connectivity index (χ3v) is 2.86. The number of hydrogen-bond donors (Lipinski definition) is 0. The van der Waals surface area contributed by atoms with Crippen LogP contribution in [0.4, 0.5) is 4.79 Å². The summed E-state index contributed by atoms with van der Waals surface area (Å²) in [5.41, 5.74) is 2.96. The number of ether oxygens (including phenoxy) is 1. The summed E-state index contributed by atoms with van der Waals surface area (Å²) in [6.45, 7) is 7.52. The van der Waals surface area contributed by atoms with E-state index in [4.69, 9.17) is 12.6 Å². The summed E-state index contributed by atoms with van der Waals surface area (Å²) in [5, 5.41) is 0. The van der Waals surface area contributed by atoms with Crippen molar-refractivity contribution in [2.45, 2.75) is 33.3 Å². The first-order chi connectivity index (χ1) is 9.28. The maximum absolute atomic E-state index is 12.3. The molecule has 2 aromatic rings. The predicted octanol–water partition coefficient (Wildman–Crippen LogP) is 2.69. The maximum atomic E-state index is 12.3. The second kappa shape index (κ2) is 7.29. The molecule has 0 aliphatic carbocycles. The normalized spacial score (nSPS) is 10.5. The van der Waals surface area contributed by atoms with E-state index in [2.05, 4.69) is 0 Å². The number of carbonyl (C=O) groups is 1. The second-order valence-electron chi connectivity index (χ2n) is 5.82. The Morgan fingerprint density at radius 2 is 1.64 bits per heavy atom. The molecule has 0 amide bonds. The minimum atomic E-state index is -0.520. The van der Waals surface area contributed by atoms with E-state index < -0.39 is 5.60 Å². The number of aryl methyl sites for hydroxylation is 1. The molecule has 0 unspecified atom stereocenters. The molecule has 1 aromatic heterocycles. The Kier molecular flexibility index (Phi) is 6.61. The molecular formula is C16H20BNO4. The third-order valence-electron chi connectivity index (χ3n) is 2.86. The summed E-state index contributed by atoms with van der Waals surface area (Å²) in [5.74, 6) is 0. The van der Waals surface area contributed by atoms with Crippen LogP contribution in [-0.4, -0.2) is 35.1 Å². The van der Waals surface area contributed by atoms with Crippen molar-refractivity contribution in [1.29, 1.82) is 0 Å². The van der Waals surface area contributed by atoms with Crippen LogP contribution in [0.1, 0.15) is 26.3 Å². The van der Waals surface area contributed by atoms with E-state index in [1.165, 1.54) is 4.57 Å². The Morgan fingerprint density at radius 3 is 2.14 bits per heavy atom. The first-order valence-corrected chi connectivity index (χ1v) is 6.55. The van der Waals surface area contributed by atoms with Gasteiger partial charge in [-0.3, -0.25) is 0 Å². The Balaban J connectivity index is 0.00000220. The first kappa shape index (κ1) is 20.0. The van der Waals surface area contributed by atoms with Gasteiger partial charge < -0.3 is 11.0 Å². The maximum Gasteiger partial charge on any atom is -0.870 e. The molecule has 0 bridgehead atoms. The van der Waals surface area contributed by atoms with Crippen LogP contribution in [-0.2, 0) is 4.74 Å².